The highest BCUT2D eigenvalue weighted by atomic mass is 16.5. The van der Waals surface area contributed by atoms with E-state index in [0.717, 1.165) is 46.2 Å². The van der Waals surface area contributed by atoms with E-state index >= 15 is 0 Å². The van der Waals surface area contributed by atoms with Crippen LogP contribution in [0.15, 0.2) is 48.8 Å². The van der Waals surface area contributed by atoms with Crippen molar-refractivity contribution in [3.63, 3.8) is 0 Å². The van der Waals surface area contributed by atoms with E-state index in [2.05, 4.69) is 20.6 Å². The molecule has 0 unspecified atom stereocenters. The van der Waals surface area contributed by atoms with E-state index in [1.807, 2.05) is 64.9 Å². The lowest BCUT2D eigenvalue weighted by Gasteiger charge is -2.09. The Hall–Kier alpha value is -3.39. The molecular weight excluding hydrogens is 368 g/mol. The third kappa shape index (κ3) is 3.54. The molecular formula is C21H22N6O2. The molecule has 0 saturated heterocycles. The lowest BCUT2D eigenvalue weighted by molar-refractivity contribution is 0.297. The van der Waals surface area contributed by atoms with Gasteiger partial charge >= 0.3 is 0 Å². The summed E-state index contributed by atoms with van der Waals surface area (Å²) in [4.78, 5) is 0. The van der Waals surface area contributed by atoms with Crippen LogP contribution < -0.4 is 14.8 Å². The van der Waals surface area contributed by atoms with Crippen LogP contribution >= 0.6 is 0 Å². The van der Waals surface area contributed by atoms with Crippen molar-refractivity contribution < 1.29 is 9.47 Å². The SMILES string of the molecule is Cn1cc(CNCc2nnc3ccccn23)c(-c2ccc3c(c2)OCCCO3)n1. The van der Waals surface area contributed by atoms with E-state index < -0.39 is 0 Å². The molecule has 3 aromatic heterocycles. The summed E-state index contributed by atoms with van der Waals surface area (Å²) in [5.41, 5.74) is 3.90. The van der Waals surface area contributed by atoms with Gasteiger partial charge in [0.2, 0.25) is 0 Å². The summed E-state index contributed by atoms with van der Waals surface area (Å²) in [5, 5.41) is 16.6. The van der Waals surface area contributed by atoms with Gasteiger partial charge in [0, 0.05) is 43.5 Å². The zero-order valence-corrected chi connectivity index (χ0v) is 16.2. The Kier molecular flexibility index (Phi) is 4.61. The number of rotatable bonds is 5. The summed E-state index contributed by atoms with van der Waals surface area (Å²) in [6.07, 6.45) is 4.90. The Morgan fingerprint density at radius 1 is 1.03 bits per heavy atom. The van der Waals surface area contributed by atoms with Gasteiger partial charge in [0.25, 0.3) is 0 Å². The van der Waals surface area contributed by atoms with Crippen LogP contribution in [0.25, 0.3) is 16.9 Å². The zero-order chi connectivity index (χ0) is 19.6. The molecule has 5 rings (SSSR count). The molecule has 0 spiro atoms. The first-order chi connectivity index (χ1) is 14.3. The van der Waals surface area contributed by atoms with Gasteiger partial charge < -0.3 is 14.8 Å². The van der Waals surface area contributed by atoms with Crippen LogP contribution in [0.4, 0.5) is 0 Å². The van der Waals surface area contributed by atoms with Crippen LogP contribution in [0, 0.1) is 0 Å². The van der Waals surface area contributed by atoms with Crippen LogP contribution in [-0.4, -0.2) is 37.6 Å². The smallest absolute Gasteiger partial charge is 0.161 e. The Bertz CT molecular complexity index is 1150. The Balaban J connectivity index is 1.35. The average Bonchev–Trinajstić information content (AvgIpc) is 3.23. The summed E-state index contributed by atoms with van der Waals surface area (Å²) < 4.78 is 15.4. The zero-order valence-electron chi connectivity index (χ0n) is 16.2. The summed E-state index contributed by atoms with van der Waals surface area (Å²) in [6.45, 7) is 2.63. The van der Waals surface area contributed by atoms with Gasteiger partial charge in [0.15, 0.2) is 23.0 Å². The molecule has 8 nitrogen and oxygen atoms in total. The summed E-state index contributed by atoms with van der Waals surface area (Å²) in [7, 11) is 1.93. The van der Waals surface area contributed by atoms with Crippen molar-refractivity contribution in [2.75, 3.05) is 13.2 Å². The number of ether oxygens (including phenoxy) is 2. The minimum atomic E-state index is 0.612. The number of hydrogen-bond donors (Lipinski definition) is 1. The predicted octanol–water partition coefficient (Wildman–Crippen LogP) is 2.58. The Labute approximate surface area is 168 Å². The van der Waals surface area contributed by atoms with Gasteiger partial charge in [-0.15, -0.1) is 10.2 Å². The summed E-state index contributed by atoms with van der Waals surface area (Å²) in [5.74, 6) is 2.45. The Morgan fingerprint density at radius 3 is 2.86 bits per heavy atom. The van der Waals surface area contributed by atoms with Gasteiger partial charge in [-0.3, -0.25) is 9.08 Å². The van der Waals surface area contributed by atoms with Gasteiger partial charge in [-0.05, 0) is 30.3 Å². The summed E-state index contributed by atoms with van der Waals surface area (Å²) >= 11 is 0. The molecule has 29 heavy (non-hydrogen) atoms. The lowest BCUT2D eigenvalue weighted by atomic mass is 10.1. The molecule has 1 aliphatic heterocycles. The maximum Gasteiger partial charge on any atom is 0.161 e. The van der Waals surface area contributed by atoms with Gasteiger partial charge in [0.05, 0.1) is 25.5 Å². The second-order valence-electron chi connectivity index (χ2n) is 7.04. The topological polar surface area (TPSA) is 78.5 Å². The van der Waals surface area contributed by atoms with E-state index in [1.165, 1.54) is 0 Å². The molecule has 1 aliphatic rings. The van der Waals surface area contributed by atoms with Crippen molar-refractivity contribution in [3.8, 4) is 22.8 Å². The number of fused-ring (bicyclic) bond motifs is 2. The number of pyridine rings is 1. The molecule has 148 valence electrons. The molecule has 8 heteroatoms. The van der Waals surface area contributed by atoms with E-state index in [1.54, 1.807) is 0 Å². The fraction of sp³-hybridized carbons (Fsp3) is 0.286. The first-order valence-electron chi connectivity index (χ1n) is 9.70. The normalized spacial score (nSPS) is 13.6. The van der Waals surface area contributed by atoms with E-state index in [0.29, 0.717) is 26.3 Å². The standard InChI is InChI=1S/C21H22N6O2/c1-26-14-16(12-22-13-20-24-23-19-5-2-3-8-27(19)20)21(25-26)15-6-7-17-18(11-15)29-10-4-9-28-17/h2-3,5-8,11,14,22H,4,9-10,12-13H2,1H3. The van der Waals surface area contributed by atoms with Gasteiger partial charge in [-0.2, -0.15) is 5.10 Å². The monoisotopic (exact) mass is 390 g/mol. The number of aryl methyl sites for hydroxylation is 1. The fourth-order valence-corrected chi connectivity index (χ4v) is 3.54. The lowest BCUT2D eigenvalue weighted by Crippen LogP contribution is -2.15. The first-order valence-corrected chi connectivity index (χ1v) is 9.70. The molecule has 0 aliphatic carbocycles. The molecule has 0 saturated carbocycles. The van der Waals surface area contributed by atoms with Gasteiger partial charge in [-0.1, -0.05) is 6.07 Å². The molecule has 1 aromatic carbocycles. The van der Waals surface area contributed by atoms with Crippen LogP contribution in [0.3, 0.4) is 0 Å². The summed E-state index contributed by atoms with van der Waals surface area (Å²) in [6, 6.07) is 11.9. The number of nitrogens with one attached hydrogen (secondary N) is 1. The maximum absolute atomic E-state index is 5.84. The average molecular weight is 390 g/mol. The second kappa shape index (κ2) is 7.56. The first kappa shape index (κ1) is 17.7. The highest BCUT2D eigenvalue weighted by Gasteiger charge is 2.16. The van der Waals surface area contributed by atoms with E-state index in [-0.39, 0.29) is 0 Å². The number of hydrogen-bond acceptors (Lipinski definition) is 6. The molecule has 0 radical (unpaired) electrons. The van der Waals surface area contributed by atoms with Crippen LogP contribution in [-0.2, 0) is 20.1 Å². The van der Waals surface area contributed by atoms with Crippen LogP contribution in [0.2, 0.25) is 0 Å². The van der Waals surface area contributed by atoms with Crippen molar-refractivity contribution in [2.45, 2.75) is 19.5 Å². The van der Waals surface area contributed by atoms with Crippen LogP contribution in [0.1, 0.15) is 17.8 Å². The van der Waals surface area contributed by atoms with Gasteiger partial charge in [-0.25, -0.2) is 0 Å². The quantitative estimate of drug-likeness (QED) is 0.564. The van der Waals surface area contributed by atoms with Crippen molar-refractivity contribution in [2.24, 2.45) is 7.05 Å². The largest absolute Gasteiger partial charge is 0.490 e. The predicted molar refractivity (Wildman–Crippen MR) is 108 cm³/mol. The highest BCUT2D eigenvalue weighted by molar-refractivity contribution is 5.66. The number of aromatic nitrogens is 5. The fourth-order valence-electron chi connectivity index (χ4n) is 3.54. The van der Waals surface area contributed by atoms with E-state index in [9.17, 15) is 0 Å². The van der Waals surface area contributed by atoms with Crippen LogP contribution in [0.5, 0.6) is 11.5 Å². The van der Waals surface area contributed by atoms with Gasteiger partial charge in [0.1, 0.15) is 0 Å². The molecule has 0 fully saturated rings. The van der Waals surface area contributed by atoms with Crippen molar-refractivity contribution in [1.29, 1.82) is 0 Å². The maximum atomic E-state index is 5.84. The molecule has 4 aromatic rings. The van der Waals surface area contributed by atoms with E-state index in [4.69, 9.17) is 9.47 Å². The third-order valence-corrected chi connectivity index (χ3v) is 4.91. The minimum absolute atomic E-state index is 0.612. The minimum Gasteiger partial charge on any atom is -0.490 e. The molecule has 0 amide bonds. The van der Waals surface area contributed by atoms with Crippen molar-refractivity contribution in [1.82, 2.24) is 29.7 Å². The molecule has 1 N–H and O–H groups in total. The number of benzene rings is 1. The van der Waals surface area contributed by atoms with Crippen molar-refractivity contribution in [3.05, 3.63) is 60.2 Å². The van der Waals surface area contributed by atoms with Crippen molar-refractivity contribution >= 4 is 5.65 Å². The molecule has 0 atom stereocenters. The Morgan fingerprint density at radius 2 is 1.93 bits per heavy atom. The second-order valence-corrected chi connectivity index (χ2v) is 7.04. The molecule has 0 bridgehead atoms. The number of nitrogens with zero attached hydrogens (tertiary/aromatic N) is 5. The highest BCUT2D eigenvalue weighted by Crippen LogP contribution is 2.34. The molecule has 4 heterocycles. The third-order valence-electron chi connectivity index (χ3n) is 4.91.